The highest BCUT2D eigenvalue weighted by atomic mass is 32.1. The molecule has 2 atom stereocenters. The Morgan fingerprint density at radius 1 is 1.15 bits per heavy atom. The number of aryl methyl sites for hydroxylation is 2. The lowest BCUT2D eigenvalue weighted by Crippen LogP contribution is -2.36. The van der Waals surface area contributed by atoms with Crippen molar-refractivity contribution in [3.63, 3.8) is 0 Å². The lowest BCUT2D eigenvalue weighted by atomic mass is 9.78. The fourth-order valence-electron chi connectivity index (χ4n) is 4.22. The van der Waals surface area contributed by atoms with Gasteiger partial charge in [-0.25, -0.2) is 0 Å². The number of nitrogens with one attached hydrogen (secondary N) is 1. The number of carbonyl (C=O) groups is 2. The number of amides is 1. The van der Waals surface area contributed by atoms with Crippen molar-refractivity contribution in [2.75, 3.05) is 5.32 Å². The quantitative estimate of drug-likeness (QED) is 0.824. The number of carboxylic acid groups (broad SMARTS) is 1. The molecule has 2 heterocycles. The summed E-state index contributed by atoms with van der Waals surface area (Å²) in [6, 6.07) is 0. The Balaban J connectivity index is 1.66. The van der Waals surface area contributed by atoms with E-state index in [1.807, 2.05) is 0 Å². The van der Waals surface area contributed by atoms with Crippen LogP contribution in [-0.4, -0.2) is 27.1 Å². The Morgan fingerprint density at radius 3 is 2.59 bits per heavy atom. The summed E-state index contributed by atoms with van der Waals surface area (Å²) in [4.78, 5) is 30.1. The van der Waals surface area contributed by atoms with Crippen LogP contribution < -0.4 is 5.32 Å². The van der Waals surface area contributed by atoms with Gasteiger partial charge in [0, 0.05) is 4.88 Å². The molecule has 27 heavy (non-hydrogen) atoms. The number of hydrogen-bond acceptors (Lipinski definition) is 6. The van der Waals surface area contributed by atoms with Crippen molar-refractivity contribution in [3.8, 4) is 11.5 Å². The van der Waals surface area contributed by atoms with Gasteiger partial charge in [0.25, 0.3) is 5.89 Å². The standard InChI is InChI=1S/C19H23N3O4S/c1-10-20-17(26-22-10)15-13-8-4-5-9-14(13)27-18(15)21-16(23)11-6-2-3-7-12(11)19(24)25/h11-12H,2-9H2,1H3,(H,21,23)(H,24,25)/t11-,12+/m0/s1. The van der Waals surface area contributed by atoms with Gasteiger partial charge in [0.05, 0.1) is 17.4 Å². The summed E-state index contributed by atoms with van der Waals surface area (Å²) in [5.41, 5.74) is 2.01. The summed E-state index contributed by atoms with van der Waals surface area (Å²) in [6.07, 6.45) is 7.07. The van der Waals surface area contributed by atoms with Gasteiger partial charge >= 0.3 is 5.97 Å². The molecule has 2 aliphatic rings. The monoisotopic (exact) mass is 389 g/mol. The first kappa shape index (κ1) is 18.2. The molecule has 8 heteroatoms. The fraction of sp³-hybridized carbons (Fsp3) is 0.579. The van der Waals surface area contributed by atoms with Gasteiger partial charge in [0.15, 0.2) is 5.82 Å². The van der Waals surface area contributed by atoms with Crippen LogP contribution in [0.15, 0.2) is 4.52 Å². The Bertz CT molecular complexity index is 872. The lowest BCUT2D eigenvalue weighted by Gasteiger charge is -2.27. The van der Waals surface area contributed by atoms with Crippen LogP contribution in [0.5, 0.6) is 0 Å². The van der Waals surface area contributed by atoms with E-state index in [4.69, 9.17) is 4.52 Å². The average Bonchev–Trinajstić information content (AvgIpc) is 3.24. The third-order valence-corrected chi connectivity index (χ3v) is 6.78. The molecule has 0 aliphatic heterocycles. The normalized spacial score (nSPS) is 22.3. The number of aliphatic carboxylic acids is 1. The molecule has 0 unspecified atom stereocenters. The number of carbonyl (C=O) groups excluding carboxylic acids is 1. The molecular weight excluding hydrogens is 366 g/mol. The van der Waals surface area contributed by atoms with Gasteiger partial charge in [-0.3, -0.25) is 9.59 Å². The summed E-state index contributed by atoms with van der Waals surface area (Å²) >= 11 is 1.56. The molecule has 4 rings (SSSR count). The van der Waals surface area contributed by atoms with Gasteiger partial charge in [0.2, 0.25) is 5.91 Å². The van der Waals surface area contributed by atoms with Crippen LogP contribution in [0.2, 0.25) is 0 Å². The van der Waals surface area contributed by atoms with Crippen molar-refractivity contribution in [2.45, 2.75) is 58.3 Å². The molecular formula is C19H23N3O4S. The van der Waals surface area contributed by atoms with Crippen molar-refractivity contribution in [1.82, 2.24) is 10.1 Å². The number of nitrogens with zero attached hydrogens (tertiary/aromatic N) is 2. The van der Waals surface area contributed by atoms with E-state index >= 15 is 0 Å². The molecule has 2 aliphatic carbocycles. The fourth-order valence-corrected chi connectivity index (χ4v) is 5.51. The maximum absolute atomic E-state index is 12.9. The van der Waals surface area contributed by atoms with Gasteiger partial charge in [0.1, 0.15) is 5.00 Å². The van der Waals surface area contributed by atoms with Crippen molar-refractivity contribution < 1.29 is 19.2 Å². The van der Waals surface area contributed by atoms with Gasteiger partial charge in [-0.15, -0.1) is 11.3 Å². The molecule has 2 aromatic rings. The number of carboxylic acids is 1. The van der Waals surface area contributed by atoms with Crippen LogP contribution in [-0.2, 0) is 22.4 Å². The second-order valence-electron chi connectivity index (χ2n) is 7.39. The van der Waals surface area contributed by atoms with E-state index in [2.05, 4.69) is 15.5 Å². The first-order chi connectivity index (χ1) is 13.0. The molecule has 1 fully saturated rings. The highest BCUT2D eigenvalue weighted by Gasteiger charge is 2.37. The number of aromatic nitrogens is 2. The molecule has 7 nitrogen and oxygen atoms in total. The summed E-state index contributed by atoms with van der Waals surface area (Å²) in [5, 5.41) is 17.1. The first-order valence-electron chi connectivity index (χ1n) is 9.53. The van der Waals surface area contributed by atoms with E-state index in [-0.39, 0.29) is 5.91 Å². The molecule has 0 radical (unpaired) electrons. The van der Waals surface area contributed by atoms with Crippen LogP contribution in [0, 0.1) is 18.8 Å². The van der Waals surface area contributed by atoms with Crippen molar-refractivity contribution in [2.24, 2.45) is 11.8 Å². The predicted molar refractivity (Wildman–Crippen MR) is 101 cm³/mol. The van der Waals surface area contributed by atoms with Crippen LogP contribution in [0.4, 0.5) is 5.00 Å². The van der Waals surface area contributed by atoms with E-state index in [1.54, 1.807) is 18.3 Å². The summed E-state index contributed by atoms with van der Waals surface area (Å²) in [6.45, 7) is 1.77. The topological polar surface area (TPSA) is 105 Å². The average molecular weight is 389 g/mol. The van der Waals surface area contributed by atoms with Crippen molar-refractivity contribution in [3.05, 3.63) is 16.3 Å². The number of rotatable bonds is 4. The van der Waals surface area contributed by atoms with Gasteiger partial charge < -0.3 is 14.9 Å². The number of anilines is 1. The zero-order valence-corrected chi connectivity index (χ0v) is 16.1. The minimum atomic E-state index is -0.881. The van der Waals surface area contributed by atoms with E-state index in [9.17, 15) is 14.7 Å². The predicted octanol–water partition coefficient (Wildman–Crippen LogP) is 3.81. The first-order valence-corrected chi connectivity index (χ1v) is 10.3. The van der Waals surface area contributed by atoms with Crippen molar-refractivity contribution in [1.29, 1.82) is 0 Å². The zero-order valence-electron chi connectivity index (χ0n) is 15.3. The van der Waals surface area contributed by atoms with Gasteiger partial charge in [-0.2, -0.15) is 4.98 Å². The lowest BCUT2D eigenvalue weighted by molar-refractivity contribution is -0.147. The highest BCUT2D eigenvalue weighted by Crippen LogP contribution is 2.44. The third-order valence-electron chi connectivity index (χ3n) is 5.57. The number of hydrogen-bond donors (Lipinski definition) is 2. The number of thiophene rings is 1. The second kappa shape index (κ2) is 7.42. The van der Waals surface area contributed by atoms with E-state index in [0.29, 0.717) is 29.6 Å². The maximum Gasteiger partial charge on any atom is 0.307 e. The Morgan fingerprint density at radius 2 is 1.89 bits per heavy atom. The van der Waals surface area contributed by atoms with Crippen LogP contribution in [0.25, 0.3) is 11.5 Å². The third kappa shape index (κ3) is 3.50. The molecule has 0 bridgehead atoms. The Kier molecular flexibility index (Phi) is 4.99. The molecule has 0 spiro atoms. The molecule has 0 saturated heterocycles. The van der Waals surface area contributed by atoms with Crippen LogP contribution in [0.1, 0.15) is 54.8 Å². The zero-order chi connectivity index (χ0) is 19.0. The van der Waals surface area contributed by atoms with Crippen LogP contribution in [0.3, 0.4) is 0 Å². The summed E-state index contributed by atoms with van der Waals surface area (Å²) < 4.78 is 5.40. The Hall–Kier alpha value is -2.22. The van der Waals surface area contributed by atoms with Crippen LogP contribution >= 0.6 is 11.3 Å². The number of fused-ring (bicyclic) bond motifs is 1. The molecule has 1 saturated carbocycles. The molecule has 144 valence electrons. The van der Waals surface area contributed by atoms with Crippen molar-refractivity contribution >= 4 is 28.2 Å². The highest BCUT2D eigenvalue weighted by molar-refractivity contribution is 7.17. The van der Waals surface area contributed by atoms with E-state index in [0.717, 1.165) is 44.1 Å². The minimum absolute atomic E-state index is 0.210. The molecule has 0 aromatic carbocycles. The minimum Gasteiger partial charge on any atom is -0.481 e. The summed E-state index contributed by atoms with van der Waals surface area (Å²) in [7, 11) is 0. The van der Waals surface area contributed by atoms with Gasteiger partial charge in [-0.1, -0.05) is 18.0 Å². The molecule has 2 N–H and O–H groups in total. The molecule has 1 amide bonds. The van der Waals surface area contributed by atoms with Gasteiger partial charge in [-0.05, 0) is 51.0 Å². The smallest absolute Gasteiger partial charge is 0.307 e. The Labute approximate surface area is 161 Å². The SMILES string of the molecule is Cc1noc(-c2c(NC(=O)[C@H]3CCCC[C@H]3C(=O)O)sc3c2CCCC3)n1. The largest absolute Gasteiger partial charge is 0.481 e. The molecule has 2 aromatic heterocycles. The second-order valence-corrected chi connectivity index (χ2v) is 8.49. The summed E-state index contributed by atoms with van der Waals surface area (Å²) in [5.74, 6) is -1.21. The van der Waals surface area contributed by atoms with E-state index < -0.39 is 17.8 Å². The van der Waals surface area contributed by atoms with E-state index in [1.165, 1.54) is 10.4 Å². The maximum atomic E-state index is 12.9.